The molecule has 3 aromatic rings. The zero-order chi connectivity index (χ0) is 18.5. The quantitative estimate of drug-likeness (QED) is 0.615. The molecule has 2 aromatic carbocycles. The highest BCUT2D eigenvalue weighted by atomic mass is 35.5. The van der Waals surface area contributed by atoms with Crippen molar-refractivity contribution >= 4 is 46.3 Å². The van der Waals surface area contributed by atoms with E-state index in [2.05, 4.69) is 15.6 Å². The SMILES string of the molecule is COc1ccc(NC(=O)c2ccc(Nc3cccc(Cl)c3Cl)nc2)cc1. The van der Waals surface area contributed by atoms with Crippen LogP contribution in [0.1, 0.15) is 10.4 Å². The zero-order valence-corrected chi connectivity index (χ0v) is 15.3. The van der Waals surface area contributed by atoms with E-state index in [0.717, 1.165) is 5.75 Å². The summed E-state index contributed by atoms with van der Waals surface area (Å²) < 4.78 is 5.09. The number of nitrogens with one attached hydrogen (secondary N) is 2. The lowest BCUT2D eigenvalue weighted by Gasteiger charge is -2.09. The normalized spacial score (nSPS) is 10.3. The van der Waals surface area contributed by atoms with Crippen LogP contribution in [0.3, 0.4) is 0 Å². The minimum absolute atomic E-state index is 0.255. The predicted octanol–water partition coefficient (Wildman–Crippen LogP) is 5.39. The molecule has 0 saturated heterocycles. The molecule has 0 saturated carbocycles. The minimum Gasteiger partial charge on any atom is -0.497 e. The lowest BCUT2D eigenvalue weighted by molar-refractivity contribution is 0.102. The van der Waals surface area contributed by atoms with Gasteiger partial charge in [0.1, 0.15) is 11.6 Å². The van der Waals surface area contributed by atoms with E-state index in [9.17, 15) is 4.79 Å². The second kappa shape index (κ2) is 8.08. The third kappa shape index (κ3) is 4.25. The molecule has 0 atom stereocenters. The van der Waals surface area contributed by atoms with E-state index in [1.807, 2.05) is 0 Å². The lowest BCUT2D eigenvalue weighted by Crippen LogP contribution is -2.12. The molecule has 0 radical (unpaired) electrons. The van der Waals surface area contributed by atoms with Crippen LogP contribution in [-0.2, 0) is 0 Å². The van der Waals surface area contributed by atoms with Crippen LogP contribution in [0.4, 0.5) is 17.2 Å². The molecule has 26 heavy (non-hydrogen) atoms. The second-order valence-corrected chi connectivity index (χ2v) is 6.13. The first-order valence-electron chi connectivity index (χ1n) is 7.69. The van der Waals surface area contributed by atoms with Crippen molar-refractivity contribution in [1.29, 1.82) is 0 Å². The van der Waals surface area contributed by atoms with Crippen molar-refractivity contribution < 1.29 is 9.53 Å². The summed E-state index contributed by atoms with van der Waals surface area (Å²) in [6.07, 6.45) is 1.49. The summed E-state index contributed by atoms with van der Waals surface area (Å²) in [7, 11) is 1.59. The Morgan fingerprint density at radius 1 is 1.04 bits per heavy atom. The van der Waals surface area contributed by atoms with Gasteiger partial charge in [-0.2, -0.15) is 0 Å². The number of benzene rings is 2. The van der Waals surface area contributed by atoms with Gasteiger partial charge in [-0.1, -0.05) is 29.3 Å². The van der Waals surface area contributed by atoms with E-state index in [1.54, 1.807) is 61.7 Å². The third-order valence-electron chi connectivity index (χ3n) is 3.59. The van der Waals surface area contributed by atoms with Gasteiger partial charge < -0.3 is 15.4 Å². The number of pyridine rings is 1. The van der Waals surface area contributed by atoms with Gasteiger partial charge in [-0.3, -0.25) is 4.79 Å². The summed E-state index contributed by atoms with van der Waals surface area (Å²) in [5.41, 5.74) is 1.74. The van der Waals surface area contributed by atoms with E-state index in [1.165, 1.54) is 6.20 Å². The number of hydrogen-bond donors (Lipinski definition) is 2. The Balaban J connectivity index is 1.68. The highest BCUT2D eigenvalue weighted by Crippen LogP contribution is 2.31. The maximum atomic E-state index is 12.3. The van der Waals surface area contributed by atoms with Crippen LogP contribution in [0.2, 0.25) is 10.0 Å². The first-order valence-corrected chi connectivity index (χ1v) is 8.45. The number of nitrogens with zero attached hydrogens (tertiary/aromatic N) is 1. The van der Waals surface area contributed by atoms with Crippen molar-refractivity contribution in [2.75, 3.05) is 17.7 Å². The van der Waals surface area contributed by atoms with Crippen LogP contribution >= 0.6 is 23.2 Å². The van der Waals surface area contributed by atoms with Crippen LogP contribution in [0, 0.1) is 0 Å². The molecule has 7 heteroatoms. The molecule has 3 rings (SSSR count). The molecule has 2 N–H and O–H groups in total. The number of amides is 1. The van der Waals surface area contributed by atoms with E-state index in [4.69, 9.17) is 27.9 Å². The summed E-state index contributed by atoms with van der Waals surface area (Å²) in [5.74, 6) is 1.02. The smallest absolute Gasteiger partial charge is 0.257 e. The topological polar surface area (TPSA) is 63.2 Å². The average Bonchev–Trinajstić information content (AvgIpc) is 2.66. The molecule has 5 nitrogen and oxygen atoms in total. The van der Waals surface area contributed by atoms with Crippen molar-refractivity contribution in [1.82, 2.24) is 4.98 Å². The molecule has 0 aliphatic rings. The Bertz CT molecular complexity index is 913. The Labute approximate surface area is 160 Å². The Hall–Kier alpha value is -2.76. The maximum Gasteiger partial charge on any atom is 0.257 e. The second-order valence-electron chi connectivity index (χ2n) is 5.34. The van der Waals surface area contributed by atoms with Gasteiger partial charge in [0.2, 0.25) is 0 Å². The summed E-state index contributed by atoms with van der Waals surface area (Å²) >= 11 is 12.1. The Morgan fingerprint density at radius 3 is 2.46 bits per heavy atom. The Morgan fingerprint density at radius 2 is 1.81 bits per heavy atom. The number of anilines is 3. The molecule has 0 bridgehead atoms. The molecule has 1 heterocycles. The first-order chi connectivity index (χ1) is 12.6. The van der Waals surface area contributed by atoms with Crippen molar-refractivity contribution in [3.63, 3.8) is 0 Å². The van der Waals surface area contributed by atoms with E-state index in [-0.39, 0.29) is 5.91 Å². The highest BCUT2D eigenvalue weighted by molar-refractivity contribution is 6.43. The van der Waals surface area contributed by atoms with Gasteiger partial charge in [0.15, 0.2) is 0 Å². The number of hydrogen-bond acceptors (Lipinski definition) is 4. The predicted molar refractivity (Wildman–Crippen MR) is 105 cm³/mol. The lowest BCUT2D eigenvalue weighted by atomic mass is 10.2. The highest BCUT2D eigenvalue weighted by Gasteiger charge is 2.09. The van der Waals surface area contributed by atoms with Gasteiger partial charge in [0, 0.05) is 11.9 Å². The van der Waals surface area contributed by atoms with E-state index >= 15 is 0 Å². The molecule has 0 fully saturated rings. The van der Waals surface area contributed by atoms with Gasteiger partial charge in [-0.25, -0.2) is 4.98 Å². The molecule has 0 aliphatic carbocycles. The van der Waals surface area contributed by atoms with Gasteiger partial charge in [0.05, 0.1) is 28.4 Å². The van der Waals surface area contributed by atoms with Crippen LogP contribution in [0.25, 0.3) is 0 Å². The fourth-order valence-electron chi connectivity index (χ4n) is 2.22. The summed E-state index contributed by atoms with van der Waals surface area (Å²) in [4.78, 5) is 16.5. The molecular weight excluding hydrogens is 373 g/mol. The van der Waals surface area contributed by atoms with Crippen molar-refractivity contribution in [2.45, 2.75) is 0 Å². The fourth-order valence-corrected chi connectivity index (χ4v) is 2.57. The minimum atomic E-state index is -0.255. The molecule has 0 aliphatic heterocycles. The van der Waals surface area contributed by atoms with E-state index in [0.29, 0.717) is 32.8 Å². The summed E-state index contributed by atoms with van der Waals surface area (Å²) in [6, 6.07) is 15.7. The Kier molecular flexibility index (Phi) is 5.61. The molecule has 1 aromatic heterocycles. The van der Waals surface area contributed by atoms with Gasteiger partial charge in [0.25, 0.3) is 5.91 Å². The number of ether oxygens (including phenoxy) is 1. The zero-order valence-electron chi connectivity index (χ0n) is 13.8. The first kappa shape index (κ1) is 18.0. The monoisotopic (exact) mass is 387 g/mol. The van der Waals surface area contributed by atoms with Gasteiger partial charge in [-0.05, 0) is 48.5 Å². The maximum absolute atomic E-state index is 12.3. The number of halogens is 2. The number of carbonyl (C=O) groups excluding carboxylic acids is 1. The van der Waals surface area contributed by atoms with Gasteiger partial charge >= 0.3 is 0 Å². The molecule has 0 unspecified atom stereocenters. The van der Waals surface area contributed by atoms with E-state index < -0.39 is 0 Å². The molecule has 132 valence electrons. The number of rotatable bonds is 5. The third-order valence-corrected chi connectivity index (χ3v) is 4.41. The molecule has 1 amide bonds. The van der Waals surface area contributed by atoms with Crippen molar-refractivity contribution in [2.24, 2.45) is 0 Å². The van der Waals surface area contributed by atoms with Crippen molar-refractivity contribution in [3.8, 4) is 5.75 Å². The summed E-state index contributed by atoms with van der Waals surface area (Å²) in [6.45, 7) is 0. The van der Waals surface area contributed by atoms with Crippen LogP contribution in [0.15, 0.2) is 60.8 Å². The fraction of sp³-hybridized carbons (Fsp3) is 0.0526. The summed E-state index contributed by atoms with van der Waals surface area (Å²) in [5, 5.41) is 6.74. The number of carbonyl (C=O) groups is 1. The number of aromatic nitrogens is 1. The van der Waals surface area contributed by atoms with Crippen LogP contribution in [0.5, 0.6) is 5.75 Å². The number of methoxy groups -OCH3 is 1. The van der Waals surface area contributed by atoms with Gasteiger partial charge in [-0.15, -0.1) is 0 Å². The molecular formula is C19H15Cl2N3O2. The van der Waals surface area contributed by atoms with Crippen LogP contribution < -0.4 is 15.4 Å². The largest absolute Gasteiger partial charge is 0.497 e. The van der Waals surface area contributed by atoms with Crippen molar-refractivity contribution in [3.05, 3.63) is 76.4 Å². The molecule has 0 spiro atoms. The average molecular weight is 388 g/mol. The van der Waals surface area contributed by atoms with Crippen LogP contribution in [-0.4, -0.2) is 18.0 Å². The standard InChI is InChI=1S/C19H15Cl2N3O2/c1-26-14-8-6-13(7-9-14)23-19(25)12-5-10-17(22-11-12)24-16-4-2-3-15(20)18(16)21/h2-11H,1H3,(H,22,24)(H,23,25).